The van der Waals surface area contributed by atoms with E-state index in [1.165, 1.54) is 17.3 Å². The second kappa shape index (κ2) is 8.30. The molecule has 1 aromatic heterocycles. The molecular weight excluding hydrogens is 362 g/mol. The Labute approximate surface area is 164 Å². The molecule has 0 aromatic carbocycles. The molecule has 1 spiro atoms. The number of aromatic nitrogens is 2. The van der Waals surface area contributed by atoms with Gasteiger partial charge in [-0.05, 0) is 25.2 Å². The van der Waals surface area contributed by atoms with Gasteiger partial charge in [0, 0.05) is 46.0 Å². The van der Waals surface area contributed by atoms with Gasteiger partial charge in [-0.25, -0.2) is 9.78 Å². The molecule has 2 saturated heterocycles. The molecule has 3 heterocycles. The zero-order valence-corrected chi connectivity index (χ0v) is 16.8. The quantitative estimate of drug-likeness (QED) is 0.551. The fraction of sp³-hybridized carbons (Fsp3) is 0.684. The Kier molecular flexibility index (Phi) is 6.02. The summed E-state index contributed by atoms with van der Waals surface area (Å²) in [6.07, 6.45) is 3.07. The lowest BCUT2D eigenvalue weighted by Crippen LogP contribution is -2.57. The van der Waals surface area contributed by atoms with Crippen molar-refractivity contribution in [2.75, 3.05) is 44.8 Å². The number of hydrogen-bond acceptors (Lipinski definition) is 6. The summed E-state index contributed by atoms with van der Waals surface area (Å²) < 4.78 is 5.07. The molecule has 2 fully saturated rings. The van der Waals surface area contributed by atoms with Gasteiger partial charge in [-0.3, -0.25) is 14.5 Å². The predicted molar refractivity (Wildman–Crippen MR) is 104 cm³/mol. The Morgan fingerprint density at radius 1 is 1.25 bits per heavy atom. The van der Waals surface area contributed by atoms with E-state index >= 15 is 0 Å². The smallest absolute Gasteiger partial charge is 0.327 e. The van der Waals surface area contributed by atoms with E-state index in [0.29, 0.717) is 57.9 Å². The van der Waals surface area contributed by atoms with Crippen LogP contribution >= 0.6 is 0 Å². The van der Waals surface area contributed by atoms with E-state index in [4.69, 9.17) is 4.74 Å². The number of aromatic amines is 1. The maximum atomic E-state index is 13.3. The zero-order valence-electron chi connectivity index (χ0n) is 16.8. The maximum Gasteiger partial charge on any atom is 0.327 e. The molecule has 1 aromatic rings. The highest BCUT2D eigenvalue weighted by Gasteiger charge is 2.57. The first kappa shape index (κ1) is 20.3. The number of H-pyrrole nitrogens is 1. The number of carbonyl (C=O) groups excluding carboxylic acids is 2. The number of nitrogens with one attached hydrogen (secondary N) is 1. The minimum absolute atomic E-state index is 0.104. The lowest BCUT2D eigenvalue weighted by atomic mass is 9.85. The molecular formula is C19H29N5O4. The van der Waals surface area contributed by atoms with E-state index in [-0.39, 0.29) is 23.4 Å². The molecule has 2 aliphatic heterocycles. The normalized spacial score (nSPS) is 19.4. The molecule has 154 valence electrons. The fourth-order valence-corrected chi connectivity index (χ4v) is 4.09. The summed E-state index contributed by atoms with van der Waals surface area (Å²) >= 11 is 0. The number of rotatable bonds is 7. The van der Waals surface area contributed by atoms with Crippen LogP contribution in [0.5, 0.6) is 0 Å². The highest BCUT2D eigenvalue weighted by Crippen LogP contribution is 2.38. The standard InChI is InChI=1S/C19H29N5O4/c1-14(2)12-24-18(27)23(7-4-10-28-3)17(26)19(24)5-8-22(9-6-19)15-11-16(25)21-13-20-15/h11,13-14H,4-10,12H2,1-3H3,(H,20,21,25). The number of amides is 3. The van der Waals surface area contributed by atoms with Crippen molar-refractivity contribution in [1.29, 1.82) is 0 Å². The van der Waals surface area contributed by atoms with Crippen LogP contribution in [0.25, 0.3) is 0 Å². The average Bonchev–Trinajstić information content (AvgIpc) is 2.85. The predicted octanol–water partition coefficient (Wildman–Crippen LogP) is 1.07. The summed E-state index contributed by atoms with van der Waals surface area (Å²) in [4.78, 5) is 49.8. The Morgan fingerprint density at radius 3 is 2.57 bits per heavy atom. The van der Waals surface area contributed by atoms with Gasteiger partial charge in [-0.2, -0.15) is 0 Å². The minimum atomic E-state index is -0.799. The summed E-state index contributed by atoms with van der Waals surface area (Å²) in [5.74, 6) is 0.760. The van der Waals surface area contributed by atoms with Crippen LogP contribution in [0.4, 0.5) is 10.6 Å². The summed E-state index contributed by atoms with van der Waals surface area (Å²) in [5, 5.41) is 0. The van der Waals surface area contributed by atoms with E-state index in [2.05, 4.69) is 9.97 Å². The number of hydrogen-bond donors (Lipinski definition) is 1. The van der Waals surface area contributed by atoms with Crippen LogP contribution in [0, 0.1) is 5.92 Å². The van der Waals surface area contributed by atoms with Crippen LogP contribution in [0.3, 0.4) is 0 Å². The van der Waals surface area contributed by atoms with E-state index in [0.717, 1.165) is 0 Å². The van der Waals surface area contributed by atoms with Crippen molar-refractivity contribution < 1.29 is 14.3 Å². The number of anilines is 1. The molecule has 0 radical (unpaired) electrons. The first-order chi connectivity index (χ1) is 13.4. The molecule has 9 heteroatoms. The number of imide groups is 1. The van der Waals surface area contributed by atoms with Gasteiger partial charge in [0.25, 0.3) is 11.5 Å². The van der Waals surface area contributed by atoms with Crippen molar-refractivity contribution in [3.05, 3.63) is 22.7 Å². The third-order valence-corrected chi connectivity index (χ3v) is 5.48. The van der Waals surface area contributed by atoms with E-state index in [9.17, 15) is 14.4 Å². The molecule has 0 saturated carbocycles. The number of carbonyl (C=O) groups is 2. The van der Waals surface area contributed by atoms with Gasteiger partial charge in [-0.15, -0.1) is 0 Å². The van der Waals surface area contributed by atoms with Gasteiger partial charge < -0.3 is 19.5 Å². The lowest BCUT2D eigenvalue weighted by molar-refractivity contribution is -0.134. The van der Waals surface area contributed by atoms with Gasteiger partial charge in [0.2, 0.25) is 0 Å². The summed E-state index contributed by atoms with van der Waals surface area (Å²) in [6, 6.07) is 1.26. The largest absolute Gasteiger partial charge is 0.385 e. The molecule has 9 nitrogen and oxygen atoms in total. The molecule has 0 bridgehead atoms. The second-order valence-corrected chi connectivity index (χ2v) is 7.88. The minimum Gasteiger partial charge on any atom is -0.385 e. The van der Waals surface area contributed by atoms with Crippen LogP contribution < -0.4 is 10.5 Å². The Morgan fingerprint density at radius 2 is 1.96 bits per heavy atom. The summed E-state index contributed by atoms with van der Waals surface area (Å²) in [7, 11) is 1.61. The molecule has 0 unspecified atom stereocenters. The molecule has 0 aliphatic carbocycles. The average molecular weight is 391 g/mol. The molecule has 0 atom stereocenters. The highest BCUT2D eigenvalue weighted by atomic mass is 16.5. The number of nitrogens with zero attached hydrogens (tertiary/aromatic N) is 4. The molecule has 2 aliphatic rings. The van der Waals surface area contributed by atoms with Gasteiger partial charge in [0.05, 0.1) is 6.33 Å². The Bertz CT molecular complexity index is 770. The van der Waals surface area contributed by atoms with E-state index in [1.807, 2.05) is 18.7 Å². The maximum absolute atomic E-state index is 13.3. The van der Waals surface area contributed by atoms with Crippen LogP contribution in [0.2, 0.25) is 0 Å². The van der Waals surface area contributed by atoms with E-state index < -0.39 is 5.54 Å². The molecule has 1 N–H and O–H groups in total. The number of methoxy groups -OCH3 is 1. The van der Waals surface area contributed by atoms with Crippen molar-refractivity contribution >= 4 is 17.8 Å². The van der Waals surface area contributed by atoms with Crippen LogP contribution in [-0.4, -0.2) is 77.1 Å². The van der Waals surface area contributed by atoms with Crippen molar-refractivity contribution in [3.63, 3.8) is 0 Å². The number of ether oxygens (including phenoxy) is 1. The molecule has 3 amide bonds. The van der Waals surface area contributed by atoms with Crippen molar-refractivity contribution in [3.8, 4) is 0 Å². The molecule has 28 heavy (non-hydrogen) atoms. The zero-order chi connectivity index (χ0) is 20.3. The highest BCUT2D eigenvalue weighted by molar-refractivity contribution is 6.07. The molecule has 3 rings (SSSR count). The monoisotopic (exact) mass is 391 g/mol. The van der Waals surface area contributed by atoms with Crippen molar-refractivity contribution in [2.24, 2.45) is 5.92 Å². The number of urea groups is 1. The van der Waals surface area contributed by atoms with Gasteiger partial charge in [0.1, 0.15) is 11.4 Å². The van der Waals surface area contributed by atoms with Crippen molar-refractivity contribution in [1.82, 2.24) is 19.8 Å². The lowest BCUT2D eigenvalue weighted by Gasteiger charge is -2.43. The van der Waals surface area contributed by atoms with Crippen LogP contribution in [0.1, 0.15) is 33.1 Å². The fourth-order valence-electron chi connectivity index (χ4n) is 4.09. The number of piperidine rings is 1. The first-order valence-electron chi connectivity index (χ1n) is 9.81. The van der Waals surface area contributed by atoms with Crippen LogP contribution in [0.15, 0.2) is 17.2 Å². The topological polar surface area (TPSA) is 98.8 Å². The summed E-state index contributed by atoms with van der Waals surface area (Å²) in [6.45, 7) is 6.67. The van der Waals surface area contributed by atoms with Gasteiger partial charge >= 0.3 is 6.03 Å². The van der Waals surface area contributed by atoms with Crippen LogP contribution in [-0.2, 0) is 9.53 Å². The Balaban J connectivity index is 1.80. The SMILES string of the molecule is COCCCN1C(=O)N(CC(C)C)C2(CCN(c3cc(=O)[nH]cn3)CC2)C1=O. The third-order valence-electron chi connectivity index (χ3n) is 5.48. The first-order valence-corrected chi connectivity index (χ1v) is 9.81. The van der Waals surface area contributed by atoms with E-state index in [1.54, 1.807) is 12.0 Å². The second-order valence-electron chi connectivity index (χ2n) is 7.88. The van der Waals surface area contributed by atoms with Gasteiger partial charge in [-0.1, -0.05) is 13.8 Å². The van der Waals surface area contributed by atoms with Crippen molar-refractivity contribution in [2.45, 2.75) is 38.6 Å². The Hall–Kier alpha value is -2.42. The third kappa shape index (κ3) is 3.76. The summed E-state index contributed by atoms with van der Waals surface area (Å²) in [5.41, 5.74) is -1.00. The van der Waals surface area contributed by atoms with Gasteiger partial charge in [0.15, 0.2) is 0 Å².